The first-order valence-electron chi connectivity index (χ1n) is 6.08. The average Bonchev–Trinajstić information content (AvgIpc) is 2.33. The Hall–Kier alpha value is -0.860. The smallest absolute Gasteiger partial charge is 0.0727 e. The van der Waals surface area contributed by atoms with Crippen LogP contribution in [0.3, 0.4) is 0 Å². The first-order valence-corrected chi connectivity index (χ1v) is 6.08. The van der Waals surface area contributed by atoms with Crippen molar-refractivity contribution in [1.82, 2.24) is 5.32 Å². The first kappa shape index (κ1) is 11.6. The normalized spacial score (nSPS) is 25.6. The standard InChI is InChI=1S/C14H21NO/c1-11-3-5-12(6-4-11)9-13-7-8-15-10-14(13)16-2/h3-6,13-15H,7-10H2,1-2H3/t13-,14-/m1/s1. The van der Waals surface area contributed by atoms with Gasteiger partial charge in [-0.05, 0) is 37.8 Å². The van der Waals surface area contributed by atoms with E-state index in [4.69, 9.17) is 4.74 Å². The molecule has 1 aromatic rings. The molecule has 0 unspecified atom stereocenters. The molecule has 1 N–H and O–H groups in total. The molecule has 2 nitrogen and oxygen atoms in total. The summed E-state index contributed by atoms with van der Waals surface area (Å²) in [7, 11) is 1.82. The number of hydrogen-bond donors (Lipinski definition) is 1. The molecule has 0 saturated carbocycles. The van der Waals surface area contributed by atoms with E-state index >= 15 is 0 Å². The average molecular weight is 219 g/mol. The van der Waals surface area contributed by atoms with Crippen molar-refractivity contribution < 1.29 is 4.74 Å². The lowest BCUT2D eigenvalue weighted by molar-refractivity contribution is 0.0341. The number of ether oxygens (including phenoxy) is 1. The largest absolute Gasteiger partial charge is 0.380 e. The summed E-state index contributed by atoms with van der Waals surface area (Å²) in [4.78, 5) is 0. The van der Waals surface area contributed by atoms with Gasteiger partial charge in [-0.1, -0.05) is 29.8 Å². The highest BCUT2D eigenvalue weighted by atomic mass is 16.5. The van der Waals surface area contributed by atoms with E-state index in [1.807, 2.05) is 7.11 Å². The number of benzene rings is 1. The van der Waals surface area contributed by atoms with Gasteiger partial charge in [0.2, 0.25) is 0 Å². The fraction of sp³-hybridized carbons (Fsp3) is 0.571. The van der Waals surface area contributed by atoms with E-state index in [1.165, 1.54) is 17.5 Å². The van der Waals surface area contributed by atoms with Crippen LogP contribution >= 0.6 is 0 Å². The fourth-order valence-electron chi connectivity index (χ4n) is 2.42. The summed E-state index contributed by atoms with van der Waals surface area (Å²) in [6.07, 6.45) is 2.72. The van der Waals surface area contributed by atoms with Crippen molar-refractivity contribution >= 4 is 0 Å². The van der Waals surface area contributed by atoms with E-state index in [-0.39, 0.29) is 0 Å². The lowest BCUT2D eigenvalue weighted by Gasteiger charge is -2.31. The summed E-state index contributed by atoms with van der Waals surface area (Å²) in [6.45, 7) is 4.25. The number of rotatable bonds is 3. The van der Waals surface area contributed by atoms with Gasteiger partial charge in [-0.3, -0.25) is 0 Å². The Balaban J connectivity index is 1.99. The minimum absolute atomic E-state index is 0.370. The molecular weight excluding hydrogens is 198 g/mol. The topological polar surface area (TPSA) is 21.3 Å². The third-order valence-corrected chi connectivity index (χ3v) is 3.48. The molecule has 16 heavy (non-hydrogen) atoms. The summed E-state index contributed by atoms with van der Waals surface area (Å²) in [5, 5.41) is 3.39. The Labute approximate surface area is 98.0 Å². The van der Waals surface area contributed by atoms with Crippen molar-refractivity contribution in [1.29, 1.82) is 0 Å². The van der Waals surface area contributed by atoms with Crippen molar-refractivity contribution in [3.05, 3.63) is 35.4 Å². The number of piperidine rings is 1. The second kappa shape index (κ2) is 5.46. The molecule has 0 amide bonds. The van der Waals surface area contributed by atoms with Crippen LogP contribution in [0.15, 0.2) is 24.3 Å². The van der Waals surface area contributed by atoms with Crippen LogP contribution in [0.25, 0.3) is 0 Å². The lowest BCUT2D eigenvalue weighted by Crippen LogP contribution is -2.42. The Bertz CT molecular complexity index is 320. The summed E-state index contributed by atoms with van der Waals surface area (Å²) >= 11 is 0. The van der Waals surface area contributed by atoms with Crippen LogP contribution in [0.1, 0.15) is 17.5 Å². The van der Waals surface area contributed by atoms with E-state index in [2.05, 4.69) is 36.5 Å². The molecular formula is C14H21NO. The van der Waals surface area contributed by atoms with Crippen molar-refractivity contribution in [2.24, 2.45) is 5.92 Å². The zero-order chi connectivity index (χ0) is 11.4. The minimum atomic E-state index is 0.370. The van der Waals surface area contributed by atoms with Gasteiger partial charge < -0.3 is 10.1 Å². The monoisotopic (exact) mass is 219 g/mol. The van der Waals surface area contributed by atoms with Gasteiger partial charge in [0.15, 0.2) is 0 Å². The molecule has 88 valence electrons. The molecule has 0 spiro atoms. The second-order valence-electron chi connectivity index (χ2n) is 4.72. The summed E-state index contributed by atoms with van der Waals surface area (Å²) in [5.74, 6) is 0.661. The highest BCUT2D eigenvalue weighted by Crippen LogP contribution is 2.20. The zero-order valence-corrected chi connectivity index (χ0v) is 10.2. The second-order valence-corrected chi connectivity index (χ2v) is 4.72. The maximum atomic E-state index is 5.54. The Morgan fingerprint density at radius 3 is 2.75 bits per heavy atom. The maximum absolute atomic E-state index is 5.54. The lowest BCUT2D eigenvalue weighted by atomic mass is 9.88. The van der Waals surface area contributed by atoms with Gasteiger partial charge in [-0.15, -0.1) is 0 Å². The first-order chi connectivity index (χ1) is 7.79. The van der Waals surface area contributed by atoms with Crippen molar-refractivity contribution in [2.45, 2.75) is 25.9 Å². The van der Waals surface area contributed by atoms with Gasteiger partial charge in [0.1, 0.15) is 0 Å². The van der Waals surface area contributed by atoms with Crippen LogP contribution in [0.4, 0.5) is 0 Å². The van der Waals surface area contributed by atoms with Gasteiger partial charge in [-0.2, -0.15) is 0 Å². The quantitative estimate of drug-likeness (QED) is 0.841. The fourth-order valence-corrected chi connectivity index (χ4v) is 2.42. The van der Waals surface area contributed by atoms with E-state index in [9.17, 15) is 0 Å². The molecule has 2 rings (SSSR count). The SMILES string of the molecule is CO[C@@H]1CNCC[C@@H]1Cc1ccc(C)cc1. The predicted octanol–water partition coefficient (Wildman–Crippen LogP) is 2.16. The molecule has 1 fully saturated rings. The van der Waals surface area contributed by atoms with Gasteiger partial charge >= 0.3 is 0 Å². The predicted molar refractivity (Wildman–Crippen MR) is 66.7 cm³/mol. The zero-order valence-electron chi connectivity index (χ0n) is 10.2. The van der Waals surface area contributed by atoms with E-state index in [0.29, 0.717) is 12.0 Å². The summed E-state index contributed by atoms with van der Waals surface area (Å²) < 4.78 is 5.54. The molecule has 1 heterocycles. The van der Waals surface area contributed by atoms with E-state index in [1.54, 1.807) is 0 Å². The van der Waals surface area contributed by atoms with Crippen LogP contribution in [0, 0.1) is 12.8 Å². The summed E-state index contributed by atoms with van der Waals surface area (Å²) in [5.41, 5.74) is 2.76. The molecule has 0 radical (unpaired) electrons. The number of aryl methyl sites for hydroxylation is 1. The van der Waals surface area contributed by atoms with Crippen LogP contribution in [-0.4, -0.2) is 26.3 Å². The van der Waals surface area contributed by atoms with Crippen LogP contribution in [0.5, 0.6) is 0 Å². The molecule has 0 aliphatic carbocycles. The number of hydrogen-bond acceptors (Lipinski definition) is 2. The van der Waals surface area contributed by atoms with Crippen LogP contribution in [0.2, 0.25) is 0 Å². The Morgan fingerprint density at radius 2 is 2.06 bits per heavy atom. The van der Waals surface area contributed by atoms with E-state index < -0.39 is 0 Å². The van der Waals surface area contributed by atoms with Crippen molar-refractivity contribution in [3.63, 3.8) is 0 Å². The molecule has 1 aromatic carbocycles. The van der Waals surface area contributed by atoms with Gasteiger partial charge in [0, 0.05) is 13.7 Å². The molecule has 1 saturated heterocycles. The third kappa shape index (κ3) is 2.83. The number of methoxy groups -OCH3 is 1. The highest BCUT2D eigenvalue weighted by molar-refractivity contribution is 5.21. The third-order valence-electron chi connectivity index (χ3n) is 3.48. The summed E-state index contributed by atoms with van der Waals surface area (Å²) in [6, 6.07) is 8.87. The van der Waals surface area contributed by atoms with Crippen molar-refractivity contribution in [3.8, 4) is 0 Å². The van der Waals surface area contributed by atoms with Gasteiger partial charge in [0.05, 0.1) is 6.10 Å². The van der Waals surface area contributed by atoms with Gasteiger partial charge in [0.25, 0.3) is 0 Å². The Morgan fingerprint density at radius 1 is 1.31 bits per heavy atom. The molecule has 0 bridgehead atoms. The molecule has 1 aliphatic rings. The molecule has 1 aliphatic heterocycles. The molecule has 2 atom stereocenters. The maximum Gasteiger partial charge on any atom is 0.0727 e. The van der Waals surface area contributed by atoms with Crippen LogP contribution < -0.4 is 5.32 Å². The number of nitrogens with one attached hydrogen (secondary N) is 1. The minimum Gasteiger partial charge on any atom is -0.380 e. The Kier molecular flexibility index (Phi) is 3.97. The highest BCUT2D eigenvalue weighted by Gasteiger charge is 2.24. The molecule has 2 heteroatoms. The van der Waals surface area contributed by atoms with Gasteiger partial charge in [-0.25, -0.2) is 0 Å². The van der Waals surface area contributed by atoms with E-state index in [0.717, 1.165) is 19.5 Å². The van der Waals surface area contributed by atoms with Crippen molar-refractivity contribution in [2.75, 3.05) is 20.2 Å². The molecule has 0 aromatic heterocycles. The van der Waals surface area contributed by atoms with Crippen LogP contribution in [-0.2, 0) is 11.2 Å².